The van der Waals surface area contributed by atoms with Crippen molar-refractivity contribution >= 4 is 11.9 Å². The number of carboxylic acid groups (broad SMARTS) is 1. The monoisotopic (exact) mass is 361 g/mol. The van der Waals surface area contributed by atoms with Gasteiger partial charge in [0.15, 0.2) is 6.61 Å². The molecular formula is C18H23N3O5. The SMILES string of the molecule is CCc1nc(COc2ccc(C(=O)N(CCC(=O)O)C(C)C)cc2)no1. The first-order chi connectivity index (χ1) is 12.4. The van der Waals surface area contributed by atoms with Crippen LogP contribution in [-0.2, 0) is 17.8 Å². The molecule has 140 valence electrons. The molecule has 2 aromatic rings. The maximum absolute atomic E-state index is 12.6. The predicted molar refractivity (Wildman–Crippen MR) is 92.9 cm³/mol. The smallest absolute Gasteiger partial charge is 0.305 e. The lowest BCUT2D eigenvalue weighted by atomic mass is 10.1. The third kappa shape index (κ3) is 5.30. The van der Waals surface area contributed by atoms with Crippen molar-refractivity contribution in [3.63, 3.8) is 0 Å². The Hall–Kier alpha value is -2.90. The van der Waals surface area contributed by atoms with Gasteiger partial charge in [0.25, 0.3) is 5.91 Å². The van der Waals surface area contributed by atoms with Crippen LogP contribution in [0.4, 0.5) is 0 Å². The van der Waals surface area contributed by atoms with Gasteiger partial charge in [0.1, 0.15) is 5.75 Å². The van der Waals surface area contributed by atoms with E-state index < -0.39 is 5.97 Å². The van der Waals surface area contributed by atoms with Crippen molar-refractivity contribution in [1.29, 1.82) is 0 Å². The summed E-state index contributed by atoms with van der Waals surface area (Å²) in [4.78, 5) is 29.0. The minimum absolute atomic E-state index is 0.0877. The second-order valence-electron chi connectivity index (χ2n) is 6.01. The van der Waals surface area contributed by atoms with Crippen LogP contribution < -0.4 is 4.74 Å². The van der Waals surface area contributed by atoms with Crippen LogP contribution in [0.25, 0.3) is 0 Å². The molecule has 0 aliphatic carbocycles. The van der Waals surface area contributed by atoms with Gasteiger partial charge < -0.3 is 19.3 Å². The Kier molecular flexibility index (Phi) is 6.71. The molecule has 0 saturated heterocycles. The summed E-state index contributed by atoms with van der Waals surface area (Å²) in [6.07, 6.45) is 0.577. The number of aryl methyl sites for hydroxylation is 1. The van der Waals surface area contributed by atoms with Crippen molar-refractivity contribution in [2.75, 3.05) is 6.54 Å². The number of amides is 1. The van der Waals surface area contributed by atoms with E-state index in [2.05, 4.69) is 10.1 Å². The van der Waals surface area contributed by atoms with E-state index in [1.807, 2.05) is 20.8 Å². The summed E-state index contributed by atoms with van der Waals surface area (Å²) in [7, 11) is 0. The molecule has 1 aromatic carbocycles. The molecule has 0 radical (unpaired) electrons. The normalized spacial score (nSPS) is 10.8. The summed E-state index contributed by atoms with van der Waals surface area (Å²) >= 11 is 0. The van der Waals surface area contributed by atoms with Crippen molar-refractivity contribution in [2.24, 2.45) is 0 Å². The minimum Gasteiger partial charge on any atom is -0.485 e. The molecule has 0 bridgehead atoms. The highest BCUT2D eigenvalue weighted by atomic mass is 16.5. The zero-order valence-electron chi connectivity index (χ0n) is 15.1. The topological polar surface area (TPSA) is 106 Å². The van der Waals surface area contributed by atoms with Gasteiger partial charge in [0, 0.05) is 24.6 Å². The van der Waals surface area contributed by atoms with Crippen molar-refractivity contribution in [2.45, 2.75) is 46.3 Å². The standard InChI is InChI=1S/C18H23N3O5/c1-4-16-19-15(20-26-16)11-25-14-7-5-13(6-8-14)18(24)21(12(2)3)10-9-17(22)23/h5-8,12H,4,9-11H2,1-3H3,(H,22,23). The average Bonchev–Trinajstić information content (AvgIpc) is 3.08. The van der Waals surface area contributed by atoms with E-state index in [4.69, 9.17) is 14.4 Å². The molecule has 26 heavy (non-hydrogen) atoms. The number of benzene rings is 1. The lowest BCUT2D eigenvalue weighted by Crippen LogP contribution is -2.38. The largest absolute Gasteiger partial charge is 0.485 e. The molecule has 0 atom stereocenters. The van der Waals surface area contributed by atoms with Crippen molar-refractivity contribution < 1.29 is 24.0 Å². The molecule has 8 heteroatoms. The molecule has 0 fully saturated rings. The highest BCUT2D eigenvalue weighted by Gasteiger charge is 2.19. The first kappa shape index (κ1) is 19.4. The molecular weight excluding hydrogens is 338 g/mol. The van der Waals surface area contributed by atoms with Crippen molar-refractivity contribution in [3.8, 4) is 5.75 Å². The number of hydrogen-bond donors (Lipinski definition) is 1. The third-order valence-electron chi connectivity index (χ3n) is 3.73. The molecule has 0 aliphatic rings. The summed E-state index contributed by atoms with van der Waals surface area (Å²) in [5.74, 6) is 0.450. The van der Waals surface area contributed by atoms with Crippen LogP contribution in [0.5, 0.6) is 5.75 Å². The summed E-state index contributed by atoms with van der Waals surface area (Å²) in [6, 6.07) is 6.58. The lowest BCUT2D eigenvalue weighted by molar-refractivity contribution is -0.137. The highest BCUT2D eigenvalue weighted by molar-refractivity contribution is 5.94. The van der Waals surface area contributed by atoms with E-state index in [1.165, 1.54) is 4.90 Å². The molecule has 1 heterocycles. The Morgan fingerprint density at radius 1 is 1.27 bits per heavy atom. The van der Waals surface area contributed by atoms with Crippen LogP contribution in [0.1, 0.15) is 49.3 Å². The number of nitrogens with zero attached hydrogens (tertiary/aromatic N) is 3. The van der Waals surface area contributed by atoms with E-state index in [0.29, 0.717) is 29.4 Å². The number of carbonyl (C=O) groups is 2. The van der Waals surface area contributed by atoms with Crippen LogP contribution >= 0.6 is 0 Å². The molecule has 1 amide bonds. The van der Waals surface area contributed by atoms with E-state index in [-0.39, 0.29) is 31.5 Å². The van der Waals surface area contributed by atoms with Crippen LogP contribution in [-0.4, -0.2) is 44.6 Å². The molecule has 1 aromatic heterocycles. The van der Waals surface area contributed by atoms with Gasteiger partial charge in [-0.15, -0.1) is 0 Å². The second-order valence-corrected chi connectivity index (χ2v) is 6.01. The first-order valence-corrected chi connectivity index (χ1v) is 8.47. The Balaban J connectivity index is 1.97. The van der Waals surface area contributed by atoms with E-state index in [9.17, 15) is 9.59 Å². The van der Waals surface area contributed by atoms with E-state index in [0.717, 1.165) is 0 Å². The van der Waals surface area contributed by atoms with Gasteiger partial charge in [-0.05, 0) is 38.1 Å². The van der Waals surface area contributed by atoms with Crippen molar-refractivity contribution in [3.05, 3.63) is 41.5 Å². The lowest BCUT2D eigenvalue weighted by Gasteiger charge is -2.26. The Bertz CT molecular complexity index is 740. The number of rotatable bonds is 9. The van der Waals surface area contributed by atoms with Gasteiger partial charge in [-0.2, -0.15) is 4.98 Å². The quantitative estimate of drug-likeness (QED) is 0.731. The van der Waals surface area contributed by atoms with Crippen LogP contribution in [0.3, 0.4) is 0 Å². The zero-order valence-corrected chi connectivity index (χ0v) is 15.1. The summed E-state index contributed by atoms with van der Waals surface area (Å²) in [6.45, 7) is 5.97. The van der Waals surface area contributed by atoms with Gasteiger partial charge in [0.05, 0.1) is 6.42 Å². The van der Waals surface area contributed by atoms with E-state index >= 15 is 0 Å². The van der Waals surface area contributed by atoms with E-state index in [1.54, 1.807) is 24.3 Å². The number of ether oxygens (including phenoxy) is 1. The van der Waals surface area contributed by atoms with Crippen LogP contribution in [0.2, 0.25) is 0 Å². The van der Waals surface area contributed by atoms with Gasteiger partial charge >= 0.3 is 5.97 Å². The number of aromatic nitrogens is 2. The molecule has 0 spiro atoms. The summed E-state index contributed by atoms with van der Waals surface area (Å²) < 4.78 is 10.6. The van der Waals surface area contributed by atoms with Gasteiger partial charge in [-0.25, -0.2) is 0 Å². The number of carbonyl (C=O) groups excluding carboxylic acids is 1. The van der Waals surface area contributed by atoms with Gasteiger partial charge in [-0.3, -0.25) is 9.59 Å². The number of aliphatic carboxylic acids is 1. The second kappa shape index (κ2) is 8.98. The summed E-state index contributed by atoms with van der Waals surface area (Å²) in [5.41, 5.74) is 0.476. The minimum atomic E-state index is -0.931. The Labute approximate surface area is 151 Å². The Morgan fingerprint density at radius 3 is 2.50 bits per heavy atom. The highest BCUT2D eigenvalue weighted by Crippen LogP contribution is 2.16. The maximum atomic E-state index is 12.6. The molecule has 0 saturated carbocycles. The first-order valence-electron chi connectivity index (χ1n) is 8.47. The molecule has 0 aliphatic heterocycles. The Morgan fingerprint density at radius 2 is 1.96 bits per heavy atom. The summed E-state index contributed by atoms with van der Waals surface area (Å²) in [5, 5.41) is 12.6. The molecule has 0 unspecified atom stereocenters. The third-order valence-corrected chi connectivity index (χ3v) is 3.73. The van der Waals surface area contributed by atoms with Gasteiger partial charge in [-0.1, -0.05) is 12.1 Å². The van der Waals surface area contributed by atoms with Crippen molar-refractivity contribution in [1.82, 2.24) is 15.0 Å². The van der Waals surface area contributed by atoms with Crippen LogP contribution in [0, 0.1) is 0 Å². The fourth-order valence-electron chi connectivity index (χ4n) is 2.31. The molecule has 1 N–H and O–H groups in total. The fraction of sp³-hybridized carbons (Fsp3) is 0.444. The fourth-order valence-corrected chi connectivity index (χ4v) is 2.31. The zero-order chi connectivity index (χ0) is 19.1. The van der Waals surface area contributed by atoms with Gasteiger partial charge in [0.2, 0.25) is 11.7 Å². The van der Waals surface area contributed by atoms with Crippen LogP contribution in [0.15, 0.2) is 28.8 Å². The molecule has 8 nitrogen and oxygen atoms in total. The molecule has 2 rings (SSSR count). The predicted octanol–water partition coefficient (Wildman–Crippen LogP) is 2.54. The number of carboxylic acids is 1. The average molecular weight is 361 g/mol. The maximum Gasteiger partial charge on any atom is 0.305 e. The number of hydrogen-bond acceptors (Lipinski definition) is 6.